The monoisotopic (exact) mass is 287 g/mol. The number of carbonyl (C=O) groups excluding carboxylic acids is 1. The topological polar surface area (TPSA) is 39.2 Å². The normalized spacial score (nSPS) is 10.7. The first-order valence-corrected chi connectivity index (χ1v) is 6.81. The Labute approximate surface area is 118 Å². The second-order valence-electron chi connectivity index (χ2n) is 4.16. The largest absolute Gasteiger partial charge is 0.455 e. The van der Waals surface area contributed by atoms with Crippen LogP contribution in [0.25, 0.3) is 10.2 Å². The van der Waals surface area contributed by atoms with E-state index in [9.17, 15) is 9.18 Å². The third-order valence-electron chi connectivity index (χ3n) is 2.73. The van der Waals surface area contributed by atoms with Crippen LogP contribution >= 0.6 is 11.3 Å². The van der Waals surface area contributed by atoms with Crippen LogP contribution in [0, 0.1) is 5.82 Å². The van der Waals surface area contributed by atoms with Crippen LogP contribution < -0.4 is 0 Å². The number of hydrogen-bond donors (Lipinski definition) is 0. The number of para-hydroxylation sites is 1. The number of esters is 1. The standard InChI is InChI=1S/C15H10FNO2S/c16-11-5-3-4-10(8-11)15(18)19-9-14-17-12-6-1-2-7-13(12)20-14/h1-8H,9H2. The smallest absolute Gasteiger partial charge is 0.338 e. The minimum atomic E-state index is -0.552. The van der Waals surface area contributed by atoms with E-state index in [-0.39, 0.29) is 12.2 Å². The van der Waals surface area contributed by atoms with E-state index < -0.39 is 11.8 Å². The fraction of sp³-hybridized carbons (Fsp3) is 0.0667. The first-order valence-electron chi connectivity index (χ1n) is 5.99. The van der Waals surface area contributed by atoms with Gasteiger partial charge in [0.05, 0.1) is 15.8 Å². The summed E-state index contributed by atoms with van der Waals surface area (Å²) in [6, 6.07) is 13.1. The maximum absolute atomic E-state index is 13.0. The van der Waals surface area contributed by atoms with E-state index in [1.165, 1.54) is 29.5 Å². The number of halogens is 1. The molecule has 0 fully saturated rings. The van der Waals surface area contributed by atoms with Crippen molar-refractivity contribution in [2.45, 2.75) is 6.61 Å². The van der Waals surface area contributed by atoms with E-state index in [2.05, 4.69) is 4.98 Å². The minimum absolute atomic E-state index is 0.0920. The highest BCUT2D eigenvalue weighted by Gasteiger charge is 2.10. The van der Waals surface area contributed by atoms with Gasteiger partial charge >= 0.3 is 5.97 Å². The molecule has 0 bridgehead atoms. The summed E-state index contributed by atoms with van der Waals surface area (Å²) >= 11 is 1.48. The lowest BCUT2D eigenvalue weighted by Crippen LogP contribution is -2.05. The maximum Gasteiger partial charge on any atom is 0.338 e. The van der Waals surface area contributed by atoms with Crippen molar-refractivity contribution in [2.75, 3.05) is 0 Å². The van der Waals surface area contributed by atoms with Crippen molar-refractivity contribution in [3.05, 3.63) is 64.9 Å². The number of carbonyl (C=O) groups is 1. The Morgan fingerprint density at radius 2 is 2.05 bits per heavy atom. The van der Waals surface area contributed by atoms with Gasteiger partial charge in [0.15, 0.2) is 0 Å². The van der Waals surface area contributed by atoms with Crippen LogP contribution in [0.1, 0.15) is 15.4 Å². The van der Waals surface area contributed by atoms with E-state index in [1.54, 1.807) is 0 Å². The van der Waals surface area contributed by atoms with Crippen molar-refractivity contribution >= 4 is 27.5 Å². The molecule has 3 nitrogen and oxygen atoms in total. The first kappa shape index (κ1) is 12.7. The number of fused-ring (bicyclic) bond motifs is 1. The molecule has 0 unspecified atom stereocenters. The molecule has 1 heterocycles. The lowest BCUT2D eigenvalue weighted by atomic mass is 10.2. The summed E-state index contributed by atoms with van der Waals surface area (Å²) in [4.78, 5) is 16.1. The van der Waals surface area contributed by atoms with Crippen LogP contribution in [-0.4, -0.2) is 11.0 Å². The SMILES string of the molecule is O=C(OCc1nc2ccccc2s1)c1cccc(F)c1. The molecule has 0 aliphatic carbocycles. The van der Waals surface area contributed by atoms with Gasteiger partial charge < -0.3 is 4.74 Å². The van der Waals surface area contributed by atoms with Gasteiger partial charge in [-0.05, 0) is 30.3 Å². The molecular weight excluding hydrogens is 277 g/mol. The Morgan fingerprint density at radius 1 is 1.20 bits per heavy atom. The van der Waals surface area contributed by atoms with Crippen molar-refractivity contribution < 1.29 is 13.9 Å². The molecule has 0 N–H and O–H groups in total. The van der Waals surface area contributed by atoms with Crippen molar-refractivity contribution in [1.29, 1.82) is 0 Å². The van der Waals surface area contributed by atoms with Gasteiger partial charge in [-0.3, -0.25) is 0 Å². The van der Waals surface area contributed by atoms with E-state index >= 15 is 0 Å². The van der Waals surface area contributed by atoms with Crippen LogP contribution in [-0.2, 0) is 11.3 Å². The predicted molar refractivity (Wildman–Crippen MR) is 75.1 cm³/mol. The highest BCUT2D eigenvalue weighted by molar-refractivity contribution is 7.18. The van der Waals surface area contributed by atoms with Gasteiger partial charge in [-0.1, -0.05) is 18.2 Å². The molecule has 3 rings (SSSR count). The molecule has 0 aliphatic heterocycles. The summed E-state index contributed by atoms with van der Waals surface area (Å²) in [6.07, 6.45) is 0. The number of aromatic nitrogens is 1. The molecule has 1 aromatic heterocycles. The lowest BCUT2D eigenvalue weighted by molar-refractivity contribution is 0.0472. The molecular formula is C15H10FNO2S. The Morgan fingerprint density at radius 3 is 2.85 bits per heavy atom. The van der Waals surface area contributed by atoms with Gasteiger partial charge in [-0.25, -0.2) is 14.2 Å². The highest BCUT2D eigenvalue weighted by atomic mass is 32.1. The number of benzene rings is 2. The van der Waals surface area contributed by atoms with Crippen LogP contribution in [0.2, 0.25) is 0 Å². The summed E-state index contributed by atoms with van der Waals surface area (Å²) in [5, 5.41) is 0.718. The Kier molecular flexibility index (Phi) is 3.43. The summed E-state index contributed by atoms with van der Waals surface area (Å²) in [5.41, 5.74) is 1.08. The molecule has 20 heavy (non-hydrogen) atoms. The average Bonchev–Trinajstić information content (AvgIpc) is 2.87. The Bertz CT molecular complexity index is 736. The second-order valence-corrected chi connectivity index (χ2v) is 5.28. The number of hydrogen-bond acceptors (Lipinski definition) is 4. The molecule has 5 heteroatoms. The van der Waals surface area contributed by atoms with E-state index in [0.29, 0.717) is 0 Å². The molecule has 0 atom stereocenters. The Hall–Kier alpha value is -2.27. The highest BCUT2D eigenvalue weighted by Crippen LogP contribution is 2.22. The van der Waals surface area contributed by atoms with Crippen molar-refractivity contribution in [1.82, 2.24) is 4.98 Å². The van der Waals surface area contributed by atoms with Gasteiger partial charge in [0.1, 0.15) is 17.4 Å². The van der Waals surface area contributed by atoms with Gasteiger partial charge in [-0.2, -0.15) is 0 Å². The second kappa shape index (κ2) is 5.38. The zero-order valence-corrected chi connectivity index (χ0v) is 11.2. The quantitative estimate of drug-likeness (QED) is 0.688. The number of rotatable bonds is 3. The molecule has 0 spiro atoms. The van der Waals surface area contributed by atoms with Crippen molar-refractivity contribution in [2.24, 2.45) is 0 Å². The van der Waals surface area contributed by atoms with Crippen molar-refractivity contribution in [3.63, 3.8) is 0 Å². The predicted octanol–water partition coefficient (Wildman–Crippen LogP) is 3.79. The van der Waals surface area contributed by atoms with Gasteiger partial charge in [0.2, 0.25) is 0 Å². The zero-order chi connectivity index (χ0) is 13.9. The molecule has 0 saturated carbocycles. The van der Waals surface area contributed by atoms with Crippen LogP contribution in [0.3, 0.4) is 0 Å². The number of nitrogens with zero attached hydrogens (tertiary/aromatic N) is 1. The molecule has 3 aromatic rings. The molecule has 0 saturated heterocycles. The van der Waals surface area contributed by atoms with E-state index in [4.69, 9.17) is 4.74 Å². The average molecular weight is 287 g/mol. The molecule has 0 aliphatic rings. The molecule has 2 aromatic carbocycles. The third-order valence-corrected chi connectivity index (χ3v) is 3.74. The van der Waals surface area contributed by atoms with Crippen LogP contribution in [0.15, 0.2) is 48.5 Å². The van der Waals surface area contributed by atoms with Crippen LogP contribution in [0.5, 0.6) is 0 Å². The lowest BCUT2D eigenvalue weighted by Gasteiger charge is -2.02. The molecule has 100 valence electrons. The summed E-state index contributed by atoms with van der Waals surface area (Å²) < 4.78 is 19.2. The van der Waals surface area contributed by atoms with Crippen LogP contribution in [0.4, 0.5) is 4.39 Å². The zero-order valence-electron chi connectivity index (χ0n) is 10.4. The molecule has 0 radical (unpaired) electrons. The third kappa shape index (κ3) is 2.67. The Balaban J connectivity index is 1.71. The number of ether oxygens (including phenoxy) is 1. The summed E-state index contributed by atoms with van der Waals surface area (Å²) in [5.74, 6) is -1.01. The molecule has 0 amide bonds. The maximum atomic E-state index is 13.0. The van der Waals surface area contributed by atoms with Gasteiger partial charge in [0, 0.05) is 0 Å². The van der Waals surface area contributed by atoms with Gasteiger partial charge in [-0.15, -0.1) is 11.3 Å². The van der Waals surface area contributed by atoms with Crippen molar-refractivity contribution in [3.8, 4) is 0 Å². The fourth-order valence-electron chi connectivity index (χ4n) is 1.81. The summed E-state index contributed by atoms with van der Waals surface area (Å²) in [6.45, 7) is 0.0920. The first-order chi connectivity index (χ1) is 9.72. The van der Waals surface area contributed by atoms with Gasteiger partial charge in [0.25, 0.3) is 0 Å². The summed E-state index contributed by atoms with van der Waals surface area (Å²) in [7, 11) is 0. The minimum Gasteiger partial charge on any atom is -0.455 e. The fourth-order valence-corrected chi connectivity index (χ4v) is 2.69. The number of thiazole rings is 1. The van der Waals surface area contributed by atoms with E-state index in [1.807, 2.05) is 24.3 Å². The van der Waals surface area contributed by atoms with E-state index in [0.717, 1.165) is 21.3 Å².